The number of nitrogens with zero attached hydrogens (tertiary/aromatic N) is 3. The minimum atomic E-state index is -4.57. The molecule has 0 saturated carbocycles. The summed E-state index contributed by atoms with van der Waals surface area (Å²) in [5.41, 5.74) is 0.318. The summed E-state index contributed by atoms with van der Waals surface area (Å²) in [6, 6.07) is 6.42. The van der Waals surface area contributed by atoms with Gasteiger partial charge in [-0.25, -0.2) is 4.98 Å². The minimum absolute atomic E-state index is 0.0980. The molecule has 2 aromatic carbocycles. The Morgan fingerprint density at radius 2 is 1.87 bits per heavy atom. The molecule has 11 heteroatoms. The quantitative estimate of drug-likeness (QED) is 0.560. The molecule has 1 atom stereocenters. The summed E-state index contributed by atoms with van der Waals surface area (Å²) in [4.78, 5) is 17.9. The topological polar surface area (TPSA) is 56.6 Å². The molecular weight excluding hydrogens is 438 g/mol. The average molecular weight is 451 g/mol. The molecule has 3 aromatic rings. The first-order chi connectivity index (χ1) is 14.2. The molecule has 154 valence electrons. The maximum atomic E-state index is 13.5. The lowest BCUT2D eigenvalue weighted by molar-refractivity contribution is -0.137. The van der Waals surface area contributed by atoms with Crippen LogP contribution >= 0.6 is 6.19 Å². The summed E-state index contributed by atoms with van der Waals surface area (Å²) in [6.45, 7) is 0. The number of anilines is 1. The van der Waals surface area contributed by atoms with Gasteiger partial charge >= 0.3 is 6.18 Å². The Hall–Kier alpha value is -2.84. The number of rotatable bonds is 2. The predicted octanol–water partition coefficient (Wildman–Crippen LogP) is 3.23. The molecule has 5 rings (SSSR count). The zero-order valence-electron chi connectivity index (χ0n) is 15.6. The lowest BCUT2D eigenvalue weighted by Crippen LogP contribution is -2.37. The third kappa shape index (κ3) is 2.29. The highest BCUT2D eigenvalue weighted by atomic mass is 32.4. The minimum Gasteiger partial charge on any atom is -0.497 e. The lowest BCUT2D eigenvalue weighted by Gasteiger charge is -2.35. The Kier molecular flexibility index (Phi) is 3.88. The molecule has 0 saturated heterocycles. The van der Waals surface area contributed by atoms with E-state index in [0.29, 0.717) is 28.1 Å². The first-order valence-electron chi connectivity index (χ1n) is 8.69. The Balaban J connectivity index is 1.88. The van der Waals surface area contributed by atoms with E-state index >= 15 is 0 Å². The van der Waals surface area contributed by atoms with E-state index in [9.17, 15) is 18.0 Å². The first-order valence-corrected chi connectivity index (χ1v) is 11.4. The monoisotopic (exact) mass is 451 g/mol. The Labute approximate surface area is 173 Å². The van der Waals surface area contributed by atoms with Gasteiger partial charge < -0.3 is 9.47 Å². The van der Waals surface area contributed by atoms with Crippen LogP contribution in [0.4, 0.5) is 18.9 Å². The SMILES string of the molecule is COc1cc(OC)c2c(c1)C(=O)N1c3cc(C(F)(F)F)ccc3-n3ccnc3P21=S. The van der Waals surface area contributed by atoms with E-state index in [4.69, 9.17) is 21.3 Å². The van der Waals surface area contributed by atoms with Crippen molar-refractivity contribution in [3.63, 3.8) is 0 Å². The number of benzene rings is 2. The van der Waals surface area contributed by atoms with Crippen molar-refractivity contribution in [1.29, 1.82) is 0 Å². The molecule has 0 fully saturated rings. The van der Waals surface area contributed by atoms with E-state index in [1.54, 1.807) is 16.8 Å². The van der Waals surface area contributed by atoms with Gasteiger partial charge in [0.2, 0.25) is 0 Å². The van der Waals surface area contributed by atoms with Gasteiger partial charge in [-0.15, -0.1) is 0 Å². The fourth-order valence-corrected chi connectivity index (χ4v) is 8.40. The number of imidazole rings is 1. The van der Waals surface area contributed by atoms with Gasteiger partial charge in [0.25, 0.3) is 5.91 Å². The second-order valence-corrected chi connectivity index (χ2v) is 10.7. The second-order valence-electron chi connectivity index (χ2n) is 6.72. The molecule has 30 heavy (non-hydrogen) atoms. The fraction of sp³-hybridized carbons (Fsp3) is 0.158. The molecule has 0 aliphatic carbocycles. The molecule has 0 radical (unpaired) electrons. The maximum Gasteiger partial charge on any atom is 0.416 e. The molecule has 0 spiro atoms. The van der Waals surface area contributed by atoms with Crippen molar-refractivity contribution in [3.05, 3.63) is 53.9 Å². The zero-order chi connectivity index (χ0) is 21.4. The molecule has 0 N–H and O–H groups in total. The van der Waals surface area contributed by atoms with E-state index in [2.05, 4.69) is 4.98 Å². The van der Waals surface area contributed by atoms with Crippen LogP contribution in [0.25, 0.3) is 5.69 Å². The van der Waals surface area contributed by atoms with Crippen LogP contribution in [0.3, 0.4) is 0 Å². The normalized spacial score (nSPS) is 19.1. The number of fused-ring (bicyclic) bond motifs is 8. The van der Waals surface area contributed by atoms with Crippen molar-refractivity contribution in [3.8, 4) is 17.2 Å². The number of hydrogen-bond donors (Lipinski definition) is 0. The van der Waals surface area contributed by atoms with Gasteiger partial charge in [-0.05, 0) is 24.3 Å². The smallest absolute Gasteiger partial charge is 0.416 e. The molecule has 2 aliphatic heterocycles. The van der Waals surface area contributed by atoms with Crippen molar-refractivity contribution >= 4 is 40.5 Å². The molecule has 1 aromatic heterocycles. The van der Waals surface area contributed by atoms with Crippen LogP contribution in [0.5, 0.6) is 11.5 Å². The summed E-state index contributed by atoms with van der Waals surface area (Å²) in [6.07, 6.45) is -4.55. The van der Waals surface area contributed by atoms with E-state index in [-0.39, 0.29) is 11.3 Å². The number of methoxy groups -OCH3 is 2. The van der Waals surface area contributed by atoms with Crippen molar-refractivity contribution in [2.45, 2.75) is 6.18 Å². The van der Waals surface area contributed by atoms with Crippen LogP contribution in [0.1, 0.15) is 15.9 Å². The van der Waals surface area contributed by atoms with Gasteiger partial charge in [0.05, 0.1) is 42.0 Å². The van der Waals surface area contributed by atoms with Gasteiger partial charge in [-0.2, -0.15) is 13.2 Å². The molecule has 1 unspecified atom stereocenters. The highest BCUT2D eigenvalue weighted by Crippen LogP contribution is 2.61. The standard InChI is InChI=1S/C19H13F3N3O3PS/c1-27-11-8-12-16(15(9-11)28-2)29(30)18-23-5-6-24(18)13-4-3-10(19(20,21)22)7-14(13)25(29)17(12)26/h3-9H,1-2H3. The van der Waals surface area contributed by atoms with Gasteiger partial charge in [0.1, 0.15) is 17.7 Å². The Morgan fingerprint density at radius 3 is 2.53 bits per heavy atom. The number of carbonyl (C=O) groups excluding carboxylic acids is 1. The van der Waals surface area contributed by atoms with E-state index in [1.165, 1.54) is 37.2 Å². The predicted molar refractivity (Wildman–Crippen MR) is 108 cm³/mol. The number of ether oxygens (including phenoxy) is 2. The third-order valence-corrected chi connectivity index (χ3v) is 9.62. The molecule has 0 bridgehead atoms. The van der Waals surface area contributed by atoms with Crippen LogP contribution in [0.15, 0.2) is 42.7 Å². The van der Waals surface area contributed by atoms with Crippen LogP contribution in [-0.4, -0.2) is 29.7 Å². The van der Waals surface area contributed by atoms with Crippen molar-refractivity contribution in [2.24, 2.45) is 0 Å². The van der Waals surface area contributed by atoms with Gasteiger partial charge in [0, 0.05) is 18.5 Å². The van der Waals surface area contributed by atoms with Crippen LogP contribution in [0, 0.1) is 0 Å². The Bertz CT molecular complexity index is 1290. The summed E-state index contributed by atoms with van der Waals surface area (Å²) >= 11 is 6.06. The molecule has 6 nitrogen and oxygen atoms in total. The number of halogens is 3. The van der Waals surface area contributed by atoms with E-state index in [0.717, 1.165) is 12.1 Å². The summed E-state index contributed by atoms with van der Waals surface area (Å²) < 4.78 is 54.0. The van der Waals surface area contributed by atoms with Crippen LogP contribution < -0.4 is 25.0 Å². The van der Waals surface area contributed by atoms with Crippen LogP contribution in [-0.2, 0) is 18.0 Å². The second kappa shape index (κ2) is 6.09. The third-order valence-electron chi connectivity index (χ3n) is 5.19. The number of carbonyl (C=O) groups is 1. The highest BCUT2D eigenvalue weighted by Gasteiger charge is 2.52. The van der Waals surface area contributed by atoms with Crippen molar-refractivity contribution in [1.82, 2.24) is 9.55 Å². The van der Waals surface area contributed by atoms with Gasteiger partial charge in [-0.1, -0.05) is 11.8 Å². The van der Waals surface area contributed by atoms with Crippen molar-refractivity contribution < 1.29 is 27.4 Å². The summed E-state index contributed by atoms with van der Waals surface area (Å²) in [5.74, 6) is 0.225. The number of alkyl halides is 3. The first kappa shape index (κ1) is 19.1. The van der Waals surface area contributed by atoms with Gasteiger partial charge in [-0.3, -0.25) is 14.0 Å². The average Bonchev–Trinajstić information content (AvgIpc) is 3.30. The Morgan fingerprint density at radius 1 is 1.10 bits per heavy atom. The highest BCUT2D eigenvalue weighted by molar-refractivity contribution is 8.23. The van der Waals surface area contributed by atoms with Crippen LogP contribution in [0.2, 0.25) is 0 Å². The van der Waals surface area contributed by atoms with E-state index in [1.807, 2.05) is 0 Å². The lowest BCUT2D eigenvalue weighted by atomic mass is 10.1. The largest absolute Gasteiger partial charge is 0.497 e. The molecular formula is C19H13F3N3O3PS. The fourth-order valence-electron chi connectivity index (χ4n) is 3.91. The van der Waals surface area contributed by atoms with E-state index < -0.39 is 23.8 Å². The number of amides is 1. The van der Waals surface area contributed by atoms with Crippen molar-refractivity contribution in [2.75, 3.05) is 18.9 Å². The molecule has 2 aliphatic rings. The zero-order valence-corrected chi connectivity index (χ0v) is 17.3. The number of hydrogen-bond acceptors (Lipinski definition) is 5. The molecule has 3 heterocycles. The maximum absolute atomic E-state index is 13.5. The molecule has 1 amide bonds. The number of aromatic nitrogens is 2. The van der Waals surface area contributed by atoms with Gasteiger partial charge in [0.15, 0.2) is 5.57 Å². The summed E-state index contributed by atoms with van der Waals surface area (Å²) in [7, 11) is 2.89. The summed E-state index contributed by atoms with van der Waals surface area (Å²) in [5, 5.41) is 0.460.